The lowest BCUT2D eigenvalue weighted by Gasteiger charge is -2.34. The Labute approximate surface area is 255 Å². The number of anilines is 2. The zero-order valence-corrected chi connectivity index (χ0v) is 25.0. The normalized spacial score (nSPS) is 37.7. The molecule has 0 spiro atoms. The number of nitrogens with one attached hydrogen (secondary N) is 1. The molecule has 0 aromatic carbocycles. The first kappa shape index (κ1) is 30.7. The first-order valence-electron chi connectivity index (χ1n) is 12.9. The van der Waals surface area contributed by atoms with Crippen LogP contribution in [0.2, 0.25) is 0 Å². The van der Waals surface area contributed by atoms with Gasteiger partial charge in [-0.2, -0.15) is 4.98 Å². The van der Waals surface area contributed by atoms with E-state index < -0.39 is 82.2 Å². The third-order valence-electron chi connectivity index (χ3n) is 7.26. The van der Waals surface area contributed by atoms with Crippen molar-refractivity contribution in [3.8, 4) is 0 Å². The van der Waals surface area contributed by atoms with Gasteiger partial charge in [-0.3, -0.25) is 23.4 Å². The van der Waals surface area contributed by atoms with Crippen molar-refractivity contribution in [1.82, 2.24) is 39.0 Å². The lowest BCUT2D eigenvalue weighted by Crippen LogP contribution is -2.37. The fourth-order valence-electron chi connectivity index (χ4n) is 5.27. The Morgan fingerprint density at radius 2 is 1.56 bits per heavy atom. The predicted molar refractivity (Wildman–Crippen MR) is 151 cm³/mol. The Kier molecular flexibility index (Phi) is 7.55. The molecule has 3 fully saturated rings. The number of fused-ring (bicyclic) bond motifs is 4. The molecule has 4 aromatic rings. The van der Waals surface area contributed by atoms with Gasteiger partial charge in [0.2, 0.25) is 5.95 Å². The minimum absolute atomic E-state index is 0.0372. The molecule has 3 aliphatic heterocycles. The van der Waals surface area contributed by atoms with E-state index in [0.29, 0.717) is 0 Å². The number of nitrogens with two attached hydrogens (primary N) is 2. The van der Waals surface area contributed by atoms with Crippen molar-refractivity contribution >= 4 is 67.7 Å². The first-order valence-corrected chi connectivity index (χ1v) is 17.1. The van der Waals surface area contributed by atoms with Crippen LogP contribution >= 0.6 is 14.2 Å². The van der Waals surface area contributed by atoms with Crippen LogP contribution in [-0.2, 0) is 43.9 Å². The van der Waals surface area contributed by atoms with Crippen molar-refractivity contribution in [2.45, 2.75) is 49.2 Å². The van der Waals surface area contributed by atoms with Gasteiger partial charge in [-0.15, -0.1) is 0 Å². The second-order valence-electron chi connectivity index (χ2n) is 10.1. The third-order valence-corrected chi connectivity index (χ3v) is 9.87. The van der Waals surface area contributed by atoms with Crippen LogP contribution in [0, 0.1) is 0 Å². The summed E-state index contributed by atoms with van der Waals surface area (Å²) in [7, 11) is 1.19. The second kappa shape index (κ2) is 11.1. The van der Waals surface area contributed by atoms with Gasteiger partial charge in [0.05, 0.1) is 33.3 Å². The SMILES string of the molecule is [B-]P1(=O)OC[C@H]2O[C@@H](n3cnc4c(N)ncnc43)[C@H](F)[C@@H]2OP(O)(=S)OC[C@H]2O[C@@H](n3cnc4c(=O)[nH]c(N)nc43)[C@H](F)[C@@H]2O1. The molecule has 239 valence electrons. The number of rotatable bonds is 2. The zero-order chi connectivity index (χ0) is 31.8. The minimum atomic E-state index is -4.62. The molecule has 0 aliphatic carbocycles. The summed E-state index contributed by atoms with van der Waals surface area (Å²) in [6.07, 6.45) is -9.99. The molecule has 6 N–H and O–H groups in total. The lowest BCUT2D eigenvalue weighted by molar-refractivity contribution is -0.0566. The summed E-state index contributed by atoms with van der Waals surface area (Å²) < 4.78 is 80.7. The fourth-order valence-corrected chi connectivity index (χ4v) is 7.71. The summed E-state index contributed by atoms with van der Waals surface area (Å²) in [6, 6.07) is 0. The van der Waals surface area contributed by atoms with Crippen molar-refractivity contribution in [2.24, 2.45) is 0 Å². The summed E-state index contributed by atoms with van der Waals surface area (Å²) in [5.41, 5.74) is 10.8. The first-order chi connectivity index (χ1) is 21.3. The molecule has 0 bridgehead atoms. The van der Waals surface area contributed by atoms with Gasteiger partial charge < -0.3 is 51.5 Å². The molecule has 3 saturated heterocycles. The van der Waals surface area contributed by atoms with Gasteiger partial charge in [0.1, 0.15) is 36.3 Å². The van der Waals surface area contributed by atoms with Crippen LogP contribution in [0.3, 0.4) is 0 Å². The topological polar surface area (TPSA) is 252 Å². The Balaban J connectivity index is 1.17. The number of hydrogen-bond donors (Lipinski definition) is 4. The van der Waals surface area contributed by atoms with E-state index in [1.54, 1.807) is 0 Å². The number of halogens is 2. The quantitative estimate of drug-likeness (QED) is 0.159. The molecule has 4 aromatic heterocycles. The van der Waals surface area contributed by atoms with Crippen molar-refractivity contribution < 1.29 is 45.8 Å². The Morgan fingerprint density at radius 3 is 2.24 bits per heavy atom. The van der Waals surface area contributed by atoms with Crippen LogP contribution in [0.15, 0.2) is 23.8 Å². The summed E-state index contributed by atoms with van der Waals surface area (Å²) in [4.78, 5) is 45.3. The number of aromatic amines is 1. The highest BCUT2D eigenvalue weighted by molar-refractivity contribution is 8.07. The molecule has 3 aliphatic rings. The highest BCUT2D eigenvalue weighted by atomic mass is 32.5. The van der Waals surface area contributed by atoms with Gasteiger partial charge in [-0.05, 0) is 11.8 Å². The van der Waals surface area contributed by atoms with Gasteiger partial charge in [0.15, 0.2) is 47.4 Å². The molecule has 7 heterocycles. The molecule has 0 amide bonds. The molecule has 0 saturated carbocycles. The lowest BCUT2D eigenvalue weighted by atomic mass is 10.1. The highest BCUT2D eigenvalue weighted by Gasteiger charge is 2.52. The van der Waals surface area contributed by atoms with Gasteiger partial charge in [-0.1, -0.05) is 0 Å². The van der Waals surface area contributed by atoms with Gasteiger partial charge in [-0.25, -0.2) is 28.7 Å². The third kappa shape index (κ3) is 5.45. The van der Waals surface area contributed by atoms with E-state index in [1.165, 1.54) is 10.9 Å². The van der Waals surface area contributed by atoms with Crippen LogP contribution < -0.4 is 17.0 Å². The molecule has 25 heteroatoms. The maximum atomic E-state index is 16.0. The number of alkyl halides is 2. The average molecular weight is 688 g/mol. The van der Waals surface area contributed by atoms with E-state index in [0.717, 1.165) is 17.2 Å². The summed E-state index contributed by atoms with van der Waals surface area (Å²) in [5.74, 6) is -0.235. The average Bonchev–Trinajstić information content (AvgIpc) is 3.72. The van der Waals surface area contributed by atoms with Crippen LogP contribution in [0.5, 0.6) is 0 Å². The van der Waals surface area contributed by atoms with E-state index in [-0.39, 0.29) is 34.1 Å². The number of nitrogen functional groups attached to an aromatic ring is 2. The number of hydrogen-bond acceptors (Lipinski definition) is 16. The Morgan fingerprint density at radius 1 is 0.956 bits per heavy atom. The van der Waals surface area contributed by atoms with Crippen molar-refractivity contribution in [3.05, 3.63) is 29.3 Å². The van der Waals surface area contributed by atoms with Gasteiger partial charge >= 0.3 is 6.72 Å². The van der Waals surface area contributed by atoms with Crippen molar-refractivity contribution in [2.75, 3.05) is 24.7 Å². The van der Waals surface area contributed by atoms with Crippen molar-refractivity contribution in [3.63, 3.8) is 0 Å². The summed E-state index contributed by atoms with van der Waals surface area (Å²) >= 11 is 5.13. The number of ether oxygens (including phenoxy) is 2. The molecule has 19 nitrogen and oxygen atoms in total. The highest BCUT2D eigenvalue weighted by Crippen LogP contribution is 2.54. The van der Waals surface area contributed by atoms with Gasteiger partial charge in [0.25, 0.3) is 5.56 Å². The van der Waals surface area contributed by atoms with E-state index in [1.807, 2.05) is 0 Å². The zero-order valence-electron chi connectivity index (χ0n) is 22.4. The monoisotopic (exact) mass is 688 g/mol. The number of nitrogens with zero attached hydrogens (tertiary/aromatic N) is 7. The number of H-pyrrole nitrogens is 1. The predicted octanol–water partition coefficient (Wildman–Crippen LogP) is -0.0945. The van der Waals surface area contributed by atoms with E-state index in [9.17, 15) is 14.3 Å². The molecule has 10 atom stereocenters. The van der Waals surface area contributed by atoms with Crippen LogP contribution in [0.1, 0.15) is 12.5 Å². The minimum Gasteiger partial charge on any atom is -0.444 e. The van der Waals surface area contributed by atoms with E-state index >= 15 is 8.78 Å². The standard InChI is InChI=1S/C20H21BF2N10O9P2S/c21-43(35)37-1-6-13(9(23)18(39-6)32-4-28-10-14(24)26-3-27-15(10)32)42-44(36,45)38-2-7-12(41-43)8(22)19(40-7)33-5-29-11-16(33)30-20(25)31-17(11)34/h3-9,12-13,18-19H,1-2H2,(H,36,45)(H2,24,26,27)(H3,25,30,31,34)/q-1/t6-,7-,8-,9-,12-,13-,18-,19-,43?,44?/m1/s1. The summed E-state index contributed by atoms with van der Waals surface area (Å²) in [6.45, 7) is -5.72. The molecular formula is C20H21BF2N10O9P2S-. The van der Waals surface area contributed by atoms with E-state index in [4.69, 9.17) is 58.4 Å². The smallest absolute Gasteiger partial charge is 0.325 e. The second-order valence-corrected chi connectivity index (χ2v) is 14.5. The van der Waals surface area contributed by atoms with Crippen LogP contribution in [0.4, 0.5) is 20.5 Å². The summed E-state index contributed by atoms with van der Waals surface area (Å²) in [5, 5.41) is 0. The van der Waals surface area contributed by atoms with E-state index in [2.05, 4.69) is 29.9 Å². The number of aromatic nitrogens is 8. The van der Waals surface area contributed by atoms with Crippen LogP contribution in [0.25, 0.3) is 22.3 Å². The maximum Gasteiger partial charge on any atom is 0.325 e. The fraction of sp³-hybridized carbons (Fsp3) is 0.500. The molecule has 7 rings (SSSR count). The Bertz CT molecular complexity index is 1950. The molecule has 45 heavy (non-hydrogen) atoms. The van der Waals surface area contributed by atoms with Crippen LogP contribution in [-0.4, -0.2) is 101 Å². The van der Waals surface area contributed by atoms with Crippen molar-refractivity contribution in [1.29, 1.82) is 0 Å². The molecular weight excluding hydrogens is 667 g/mol. The maximum absolute atomic E-state index is 16.0. The van der Waals surface area contributed by atoms with Gasteiger partial charge in [0, 0.05) is 0 Å². The molecule has 2 unspecified atom stereocenters. The Hall–Kier alpha value is -2.98. The molecule has 3 radical (unpaired) electrons. The number of imidazole rings is 2. The largest absolute Gasteiger partial charge is 0.444 e.